The third-order valence-electron chi connectivity index (χ3n) is 6.14. The summed E-state index contributed by atoms with van der Waals surface area (Å²) in [6.45, 7) is 8.61. The summed E-state index contributed by atoms with van der Waals surface area (Å²) in [5.74, 6) is -1.21. The maximum absolute atomic E-state index is 12.3. The molecule has 0 bridgehead atoms. The Balaban J connectivity index is 2.41. The van der Waals surface area contributed by atoms with E-state index >= 15 is 0 Å². The molecule has 2 aliphatic rings. The standard InChI is InChI=1S/C22H36NO8P/c1-13-11-15(23(6)7)18(32-26)20(28-13)29-17(22(5,27-8)9-10-24)12-16-14(2)19(25)31-21(3,4)30-16/h10,13,15,17-18,20H,9,11-12H2,1-8H3/t13?,15?,17-,18?,20+,22-/m1/s1. The van der Waals surface area contributed by atoms with Gasteiger partial charge in [-0.25, -0.2) is 4.79 Å². The highest BCUT2D eigenvalue weighted by Gasteiger charge is 2.46. The van der Waals surface area contributed by atoms with Crippen LogP contribution in [-0.4, -0.2) is 79.9 Å². The number of aldehydes is 1. The van der Waals surface area contributed by atoms with Crippen LogP contribution in [0.5, 0.6) is 0 Å². The zero-order chi connectivity index (χ0) is 24.3. The van der Waals surface area contributed by atoms with Crippen molar-refractivity contribution in [1.82, 2.24) is 4.90 Å². The molecule has 0 spiro atoms. The number of carbonyl (C=O) groups is 2. The van der Waals surface area contributed by atoms with E-state index in [2.05, 4.69) is 0 Å². The average molecular weight is 474 g/mol. The van der Waals surface area contributed by atoms with E-state index in [1.165, 1.54) is 7.11 Å². The van der Waals surface area contributed by atoms with Gasteiger partial charge in [0.2, 0.25) is 5.79 Å². The largest absolute Gasteiger partial charge is 0.457 e. The van der Waals surface area contributed by atoms with Crippen LogP contribution in [0.25, 0.3) is 0 Å². The molecule has 0 aromatic heterocycles. The first-order valence-corrected chi connectivity index (χ1v) is 11.7. The van der Waals surface area contributed by atoms with E-state index in [-0.39, 0.29) is 33.4 Å². The van der Waals surface area contributed by atoms with Crippen LogP contribution in [0.4, 0.5) is 0 Å². The van der Waals surface area contributed by atoms with Gasteiger partial charge in [0, 0.05) is 39.8 Å². The molecule has 0 saturated carbocycles. The number of esters is 1. The highest BCUT2D eigenvalue weighted by atomic mass is 31.1. The molecule has 1 saturated heterocycles. The van der Waals surface area contributed by atoms with E-state index in [1.807, 2.05) is 25.9 Å². The fourth-order valence-electron chi connectivity index (χ4n) is 4.03. The molecule has 0 amide bonds. The van der Waals surface area contributed by atoms with Gasteiger partial charge in [-0.3, -0.25) is 4.57 Å². The lowest BCUT2D eigenvalue weighted by molar-refractivity contribution is -0.254. The van der Waals surface area contributed by atoms with Gasteiger partial charge in [-0.15, -0.1) is 0 Å². The van der Waals surface area contributed by atoms with Gasteiger partial charge in [-0.2, -0.15) is 0 Å². The summed E-state index contributed by atoms with van der Waals surface area (Å²) in [6, 6.07) is -0.0239. The molecule has 10 heteroatoms. The second-order valence-corrected chi connectivity index (χ2v) is 10.1. The molecule has 182 valence electrons. The first kappa shape index (κ1) is 26.9. The Morgan fingerprint density at radius 2 is 2.00 bits per heavy atom. The highest BCUT2D eigenvalue weighted by molar-refractivity contribution is 7.24. The van der Waals surface area contributed by atoms with Crippen molar-refractivity contribution in [1.29, 1.82) is 0 Å². The van der Waals surface area contributed by atoms with E-state index in [1.54, 1.807) is 27.7 Å². The van der Waals surface area contributed by atoms with Gasteiger partial charge < -0.3 is 33.4 Å². The molecule has 9 nitrogen and oxygen atoms in total. The molecule has 0 aromatic carbocycles. The number of ether oxygens (including phenoxy) is 5. The first-order chi connectivity index (χ1) is 14.9. The number of hydrogen-bond donors (Lipinski definition) is 0. The second-order valence-electron chi connectivity index (χ2n) is 9.33. The van der Waals surface area contributed by atoms with Crippen LogP contribution in [0.1, 0.15) is 53.9 Å². The van der Waals surface area contributed by atoms with Crippen molar-refractivity contribution < 1.29 is 37.8 Å². The Hall–Kier alpha value is -1.38. The number of rotatable bonds is 10. The first-order valence-electron chi connectivity index (χ1n) is 10.8. The normalized spacial score (nSPS) is 31.1. The summed E-state index contributed by atoms with van der Waals surface area (Å²) in [4.78, 5) is 25.8. The molecule has 0 radical (unpaired) electrons. The molecule has 0 N–H and O–H groups in total. The fraction of sp³-hybridized carbons (Fsp3) is 0.818. The summed E-state index contributed by atoms with van der Waals surface area (Å²) in [6.07, 6.45) is 0.0107. The number of cyclic esters (lactones) is 1. The molecule has 1 fully saturated rings. The van der Waals surface area contributed by atoms with Gasteiger partial charge in [0.1, 0.15) is 17.7 Å². The second kappa shape index (κ2) is 10.7. The van der Waals surface area contributed by atoms with Crippen LogP contribution in [0.2, 0.25) is 0 Å². The Kier molecular flexibility index (Phi) is 8.98. The summed E-state index contributed by atoms with van der Waals surface area (Å²) in [5.41, 5.74) is -1.15. The highest BCUT2D eigenvalue weighted by Crippen LogP contribution is 2.38. The molecule has 0 aliphatic carbocycles. The Labute approximate surface area is 191 Å². The van der Waals surface area contributed by atoms with E-state index in [4.69, 9.17) is 23.7 Å². The minimum absolute atomic E-state index is 0.0239. The third-order valence-corrected chi connectivity index (χ3v) is 6.97. The number of nitrogens with zero attached hydrogens (tertiary/aromatic N) is 1. The lowest BCUT2D eigenvalue weighted by Crippen LogP contribution is -2.55. The van der Waals surface area contributed by atoms with E-state index in [0.29, 0.717) is 17.8 Å². The summed E-state index contributed by atoms with van der Waals surface area (Å²) in [5, 5.41) is 0. The lowest BCUT2D eigenvalue weighted by atomic mass is 9.90. The molecule has 6 atom stereocenters. The molecule has 3 unspecified atom stereocenters. The van der Waals surface area contributed by atoms with Gasteiger partial charge >= 0.3 is 5.97 Å². The van der Waals surface area contributed by atoms with Crippen molar-refractivity contribution in [3.05, 3.63) is 11.3 Å². The van der Waals surface area contributed by atoms with Crippen molar-refractivity contribution in [2.45, 2.75) is 95.5 Å². The van der Waals surface area contributed by atoms with Crippen molar-refractivity contribution in [2.75, 3.05) is 21.2 Å². The van der Waals surface area contributed by atoms with Crippen molar-refractivity contribution in [3.8, 4) is 0 Å². The summed E-state index contributed by atoms with van der Waals surface area (Å²) < 4.78 is 41.5. The van der Waals surface area contributed by atoms with Crippen LogP contribution in [0, 0.1) is 0 Å². The lowest BCUT2D eigenvalue weighted by Gasteiger charge is -2.45. The van der Waals surface area contributed by atoms with Gasteiger partial charge in [0.15, 0.2) is 14.8 Å². The minimum Gasteiger partial charge on any atom is -0.457 e. The van der Waals surface area contributed by atoms with Crippen LogP contribution in [-0.2, 0) is 37.8 Å². The van der Waals surface area contributed by atoms with Crippen molar-refractivity contribution >= 4 is 20.7 Å². The van der Waals surface area contributed by atoms with Crippen molar-refractivity contribution in [2.24, 2.45) is 0 Å². The van der Waals surface area contributed by atoms with Crippen LogP contribution in [0.3, 0.4) is 0 Å². The number of hydrogen-bond acceptors (Lipinski definition) is 9. The SMILES string of the molecule is CO[C@](C)(CC=O)[C@@H](CC1=C(C)C(=O)OC(C)(C)O1)O[C@@H]1OC(C)CC(N(C)C)C1P=O. The van der Waals surface area contributed by atoms with E-state index in [0.717, 1.165) is 6.29 Å². The molecule has 2 aliphatic heterocycles. The monoisotopic (exact) mass is 473 g/mol. The zero-order valence-electron chi connectivity index (χ0n) is 20.2. The maximum Gasteiger partial charge on any atom is 0.340 e. The van der Waals surface area contributed by atoms with Gasteiger partial charge in [-0.1, -0.05) is 0 Å². The van der Waals surface area contributed by atoms with Gasteiger partial charge in [-0.05, 0) is 41.3 Å². The average Bonchev–Trinajstić information content (AvgIpc) is 2.70. The molecule has 0 aromatic rings. The summed E-state index contributed by atoms with van der Waals surface area (Å²) in [7, 11) is 5.26. The molecular weight excluding hydrogens is 437 g/mol. The molecular formula is C22H36NO8P. The van der Waals surface area contributed by atoms with Crippen molar-refractivity contribution in [3.63, 3.8) is 0 Å². The smallest absolute Gasteiger partial charge is 0.340 e. The fourth-order valence-corrected chi connectivity index (χ4v) is 4.80. The van der Waals surface area contributed by atoms with Gasteiger partial charge in [0.25, 0.3) is 0 Å². The predicted molar refractivity (Wildman–Crippen MR) is 117 cm³/mol. The molecule has 2 rings (SSSR count). The van der Waals surface area contributed by atoms with Crippen LogP contribution >= 0.6 is 8.46 Å². The van der Waals surface area contributed by atoms with Crippen LogP contribution in [0.15, 0.2) is 11.3 Å². The zero-order valence-corrected chi connectivity index (χ0v) is 21.1. The topological polar surface area (TPSA) is 101 Å². The minimum atomic E-state index is -1.13. The molecule has 2 heterocycles. The summed E-state index contributed by atoms with van der Waals surface area (Å²) >= 11 is 0. The van der Waals surface area contributed by atoms with Crippen LogP contribution < -0.4 is 0 Å². The van der Waals surface area contributed by atoms with Gasteiger partial charge in [0.05, 0.1) is 23.4 Å². The Bertz CT molecular complexity index is 739. The number of carbonyl (C=O) groups excluding carboxylic acids is 2. The quantitative estimate of drug-likeness (QED) is 0.269. The maximum atomic E-state index is 12.3. The number of methoxy groups -OCH3 is 1. The van der Waals surface area contributed by atoms with E-state index < -0.39 is 35.4 Å². The Morgan fingerprint density at radius 1 is 1.34 bits per heavy atom. The van der Waals surface area contributed by atoms with E-state index in [9.17, 15) is 14.2 Å². The Morgan fingerprint density at radius 3 is 2.53 bits per heavy atom. The molecule has 32 heavy (non-hydrogen) atoms. The predicted octanol–water partition coefficient (Wildman–Crippen LogP) is 3.06. The third kappa shape index (κ3) is 6.14.